The molecule has 1 aliphatic heterocycles. The zero-order chi connectivity index (χ0) is 8.97. The molecule has 0 amide bonds. The third kappa shape index (κ3) is 2.23. The van der Waals surface area contributed by atoms with Crippen molar-refractivity contribution in [2.24, 2.45) is 4.99 Å². The van der Waals surface area contributed by atoms with Crippen molar-refractivity contribution >= 4 is 5.90 Å². The minimum Gasteiger partial charge on any atom is -0.476 e. The topological polar surface area (TPSA) is 21.6 Å². The number of ether oxygens (including phenoxy) is 1. The maximum absolute atomic E-state index is 5.62. The summed E-state index contributed by atoms with van der Waals surface area (Å²) in [5.74, 6) is 0.881. The van der Waals surface area contributed by atoms with Crippen LogP contribution in [0.4, 0.5) is 0 Å². The van der Waals surface area contributed by atoms with Crippen LogP contribution in [0.2, 0.25) is 0 Å². The Kier molecular flexibility index (Phi) is 3.57. The predicted octanol–water partition coefficient (Wildman–Crippen LogP) is 2.77. The zero-order valence-corrected chi connectivity index (χ0v) is 8.34. The Balaban J connectivity index is 2.43. The van der Waals surface area contributed by atoms with E-state index in [1.807, 2.05) is 6.92 Å². The molecular formula is C10H19NO. The lowest BCUT2D eigenvalue weighted by molar-refractivity contribution is 0.174. The van der Waals surface area contributed by atoms with Gasteiger partial charge in [0, 0.05) is 6.92 Å². The number of hydrogen-bond donors (Lipinski definition) is 0. The number of nitrogens with zero attached hydrogens (tertiary/aromatic N) is 1. The largest absolute Gasteiger partial charge is 0.476 e. The van der Waals surface area contributed by atoms with Gasteiger partial charge in [-0.3, -0.25) is 0 Å². The van der Waals surface area contributed by atoms with Crippen molar-refractivity contribution in [3.05, 3.63) is 0 Å². The van der Waals surface area contributed by atoms with Gasteiger partial charge < -0.3 is 4.74 Å². The summed E-state index contributed by atoms with van der Waals surface area (Å²) in [6, 6.07) is 0.440. The first-order valence-electron chi connectivity index (χ1n) is 4.99. The highest BCUT2D eigenvalue weighted by molar-refractivity contribution is 5.75. The van der Waals surface area contributed by atoms with Crippen LogP contribution in [0.15, 0.2) is 4.99 Å². The SMILES string of the molecule is CCC[C@@H]1N=C(C)O[C@H]1CCC. The van der Waals surface area contributed by atoms with Gasteiger partial charge in [-0.25, -0.2) is 4.99 Å². The highest BCUT2D eigenvalue weighted by Crippen LogP contribution is 2.21. The van der Waals surface area contributed by atoms with Crippen LogP contribution in [-0.2, 0) is 4.74 Å². The second-order valence-electron chi connectivity index (χ2n) is 3.45. The van der Waals surface area contributed by atoms with Crippen LogP contribution in [0.25, 0.3) is 0 Å². The van der Waals surface area contributed by atoms with Gasteiger partial charge >= 0.3 is 0 Å². The molecule has 0 bridgehead atoms. The molecule has 0 saturated heterocycles. The fraction of sp³-hybridized carbons (Fsp3) is 0.900. The highest BCUT2D eigenvalue weighted by atomic mass is 16.5. The van der Waals surface area contributed by atoms with Crippen molar-refractivity contribution in [1.29, 1.82) is 0 Å². The third-order valence-electron chi connectivity index (χ3n) is 2.26. The van der Waals surface area contributed by atoms with Gasteiger partial charge in [0.15, 0.2) is 5.90 Å². The quantitative estimate of drug-likeness (QED) is 0.634. The fourth-order valence-corrected chi connectivity index (χ4v) is 1.73. The van der Waals surface area contributed by atoms with Gasteiger partial charge in [-0.2, -0.15) is 0 Å². The molecule has 0 aliphatic carbocycles. The molecule has 0 unspecified atom stereocenters. The molecule has 0 aromatic carbocycles. The summed E-state index contributed by atoms with van der Waals surface area (Å²) in [7, 11) is 0. The number of hydrogen-bond acceptors (Lipinski definition) is 2. The van der Waals surface area contributed by atoms with E-state index < -0.39 is 0 Å². The first-order valence-corrected chi connectivity index (χ1v) is 4.99. The normalized spacial score (nSPS) is 28.4. The second-order valence-corrected chi connectivity index (χ2v) is 3.45. The molecule has 2 atom stereocenters. The summed E-state index contributed by atoms with van der Waals surface area (Å²) in [6.07, 6.45) is 5.07. The molecule has 1 aliphatic rings. The predicted molar refractivity (Wildman–Crippen MR) is 51.6 cm³/mol. The lowest BCUT2D eigenvalue weighted by atomic mass is 10.0. The van der Waals surface area contributed by atoms with Crippen molar-refractivity contribution in [3.63, 3.8) is 0 Å². The van der Waals surface area contributed by atoms with E-state index in [4.69, 9.17) is 4.74 Å². The van der Waals surface area contributed by atoms with Crippen LogP contribution in [0.5, 0.6) is 0 Å². The van der Waals surface area contributed by atoms with Crippen LogP contribution in [0.1, 0.15) is 46.5 Å². The molecular weight excluding hydrogens is 150 g/mol. The summed E-state index contributed by atoms with van der Waals surface area (Å²) in [5.41, 5.74) is 0. The molecule has 0 fully saturated rings. The maximum Gasteiger partial charge on any atom is 0.180 e. The molecule has 0 aromatic rings. The van der Waals surface area contributed by atoms with Crippen LogP contribution in [0, 0.1) is 0 Å². The van der Waals surface area contributed by atoms with Gasteiger partial charge in [-0.1, -0.05) is 26.7 Å². The van der Waals surface area contributed by atoms with Crippen molar-refractivity contribution in [1.82, 2.24) is 0 Å². The van der Waals surface area contributed by atoms with Gasteiger partial charge in [0.25, 0.3) is 0 Å². The van der Waals surface area contributed by atoms with E-state index in [0.717, 1.165) is 12.3 Å². The molecule has 70 valence electrons. The summed E-state index contributed by atoms with van der Waals surface area (Å²) in [5, 5.41) is 0. The minimum absolute atomic E-state index is 0.370. The van der Waals surface area contributed by atoms with Gasteiger partial charge in [0.1, 0.15) is 6.10 Å². The second kappa shape index (κ2) is 4.48. The summed E-state index contributed by atoms with van der Waals surface area (Å²) >= 11 is 0. The number of aliphatic imine (C=N–C) groups is 1. The first kappa shape index (κ1) is 9.56. The summed E-state index contributed by atoms with van der Waals surface area (Å²) < 4.78 is 5.62. The Labute approximate surface area is 75.0 Å². The monoisotopic (exact) mass is 169 g/mol. The Morgan fingerprint density at radius 1 is 1.25 bits per heavy atom. The van der Waals surface area contributed by atoms with Crippen LogP contribution in [-0.4, -0.2) is 18.0 Å². The molecule has 1 heterocycles. The lowest BCUT2D eigenvalue weighted by Gasteiger charge is -2.15. The smallest absolute Gasteiger partial charge is 0.180 e. The molecule has 0 spiro atoms. The fourth-order valence-electron chi connectivity index (χ4n) is 1.73. The Bertz CT molecular complexity index is 165. The molecule has 0 N–H and O–H groups in total. The highest BCUT2D eigenvalue weighted by Gasteiger charge is 2.26. The van der Waals surface area contributed by atoms with Gasteiger partial charge in [-0.05, 0) is 12.8 Å². The van der Waals surface area contributed by atoms with E-state index >= 15 is 0 Å². The molecule has 12 heavy (non-hydrogen) atoms. The average molecular weight is 169 g/mol. The van der Waals surface area contributed by atoms with Crippen molar-refractivity contribution in [2.75, 3.05) is 0 Å². The Morgan fingerprint density at radius 2 is 1.92 bits per heavy atom. The van der Waals surface area contributed by atoms with E-state index in [0.29, 0.717) is 12.1 Å². The van der Waals surface area contributed by atoms with Crippen LogP contribution >= 0.6 is 0 Å². The van der Waals surface area contributed by atoms with Gasteiger partial charge in [0.05, 0.1) is 6.04 Å². The summed E-state index contributed by atoms with van der Waals surface area (Å²) in [6.45, 7) is 6.35. The van der Waals surface area contributed by atoms with Gasteiger partial charge in [0.2, 0.25) is 0 Å². The van der Waals surface area contributed by atoms with Crippen LogP contribution in [0.3, 0.4) is 0 Å². The molecule has 0 radical (unpaired) electrons. The third-order valence-corrected chi connectivity index (χ3v) is 2.26. The molecule has 0 saturated carbocycles. The van der Waals surface area contributed by atoms with Crippen molar-refractivity contribution < 1.29 is 4.74 Å². The van der Waals surface area contributed by atoms with Crippen molar-refractivity contribution in [3.8, 4) is 0 Å². The number of rotatable bonds is 4. The Morgan fingerprint density at radius 3 is 2.50 bits per heavy atom. The van der Waals surface area contributed by atoms with E-state index in [-0.39, 0.29) is 0 Å². The molecule has 2 heteroatoms. The van der Waals surface area contributed by atoms with Gasteiger partial charge in [-0.15, -0.1) is 0 Å². The average Bonchev–Trinajstić information content (AvgIpc) is 2.33. The minimum atomic E-state index is 0.370. The van der Waals surface area contributed by atoms with E-state index in [9.17, 15) is 0 Å². The molecule has 2 nitrogen and oxygen atoms in total. The van der Waals surface area contributed by atoms with E-state index in [1.54, 1.807) is 0 Å². The molecule has 0 aromatic heterocycles. The zero-order valence-electron chi connectivity index (χ0n) is 8.34. The lowest BCUT2D eigenvalue weighted by Crippen LogP contribution is -2.21. The molecule has 1 rings (SSSR count). The van der Waals surface area contributed by atoms with E-state index in [2.05, 4.69) is 18.8 Å². The van der Waals surface area contributed by atoms with Crippen molar-refractivity contribution in [2.45, 2.75) is 58.6 Å². The standard InChI is InChI=1S/C10H19NO/c1-4-6-9-10(7-5-2)12-8(3)11-9/h9-10H,4-7H2,1-3H3/t9-,10-/m0/s1. The summed E-state index contributed by atoms with van der Waals surface area (Å²) in [4.78, 5) is 4.47. The first-order chi connectivity index (χ1) is 5.77. The van der Waals surface area contributed by atoms with Crippen LogP contribution < -0.4 is 0 Å². The maximum atomic E-state index is 5.62. The van der Waals surface area contributed by atoms with E-state index in [1.165, 1.54) is 19.3 Å². The Hall–Kier alpha value is -0.530.